The second kappa shape index (κ2) is 11.5. The highest BCUT2D eigenvalue weighted by atomic mass is 19.4. The van der Waals surface area contributed by atoms with Gasteiger partial charge in [0.2, 0.25) is 5.91 Å². The lowest BCUT2D eigenvalue weighted by atomic mass is 10.1. The van der Waals surface area contributed by atoms with Gasteiger partial charge in [-0.1, -0.05) is 24.3 Å². The number of amides is 1. The predicted molar refractivity (Wildman–Crippen MR) is 145 cm³/mol. The Bertz CT molecular complexity index is 1470. The van der Waals surface area contributed by atoms with E-state index in [-0.39, 0.29) is 35.3 Å². The van der Waals surface area contributed by atoms with Gasteiger partial charge in [-0.2, -0.15) is 18.7 Å². The molecule has 220 valence electrons. The van der Waals surface area contributed by atoms with Gasteiger partial charge in [-0.05, 0) is 57.0 Å². The predicted octanol–water partition coefficient (Wildman–Crippen LogP) is 3.61. The van der Waals surface area contributed by atoms with Crippen LogP contribution >= 0.6 is 0 Å². The molecular weight excluding hydrogens is 543 g/mol. The molecule has 1 saturated heterocycles. The van der Waals surface area contributed by atoms with E-state index >= 15 is 0 Å². The molecule has 1 amide bonds. The number of carbonyl (C=O) groups excluding carboxylic acids is 1. The lowest BCUT2D eigenvalue weighted by molar-refractivity contribution is -0.222. The summed E-state index contributed by atoms with van der Waals surface area (Å²) in [5.74, 6) is -0.592. The monoisotopic (exact) mass is 575 g/mol. The molecule has 2 aromatic carbocycles. The summed E-state index contributed by atoms with van der Waals surface area (Å²) in [5, 5.41) is 17.0. The van der Waals surface area contributed by atoms with E-state index in [1.54, 1.807) is 52.0 Å². The Hall–Kier alpha value is -3.98. The number of carbonyl (C=O) groups is 1. The number of nitrogens with one attached hydrogen (secondary N) is 3. The van der Waals surface area contributed by atoms with E-state index in [1.165, 1.54) is 12.3 Å². The van der Waals surface area contributed by atoms with Crippen LogP contribution in [0.25, 0.3) is 11.3 Å². The lowest BCUT2D eigenvalue weighted by Crippen LogP contribution is -2.37. The van der Waals surface area contributed by atoms with Crippen LogP contribution < -0.4 is 27.4 Å². The fourth-order valence-corrected chi connectivity index (χ4v) is 4.25. The number of nitrogens with two attached hydrogens (primary N) is 1. The van der Waals surface area contributed by atoms with Gasteiger partial charge >= 0.3 is 6.18 Å². The number of halogens is 3. The third kappa shape index (κ3) is 6.85. The zero-order chi connectivity index (χ0) is 30.1. The van der Waals surface area contributed by atoms with Gasteiger partial charge in [0.1, 0.15) is 12.7 Å². The average molecular weight is 576 g/mol. The van der Waals surface area contributed by atoms with Crippen molar-refractivity contribution in [3.63, 3.8) is 0 Å². The number of hydroxylamine groups is 3. The SMILES string of the molecule is CC(C)Nc1ncc(-c2cc(N)cc(C(F)(F)F)c2)n(CC(=O)NCc2ccc(C3NOC(C)(C)N3O)cc2)c1=O. The van der Waals surface area contributed by atoms with E-state index in [1.807, 2.05) is 0 Å². The van der Waals surface area contributed by atoms with Crippen molar-refractivity contribution in [3.05, 3.63) is 75.7 Å². The standard InChI is InChI=1S/C27H32F3N7O4/c1-15(2)34-23-25(39)36(21(13-33-23)18-9-19(27(28,29)30)11-20(31)10-18)14-22(38)32-12-16-5-7-17(8-6-16)24-35-41-26(3,4)37(24)40/h5-11,13,15,24,35,40H,12,14,31H2,1-4H3,(H,32,38)(H,33,34). The van der Waals surface area contributed by atoms with E-state index in [2.05, 4.69) is 21.1 Å². The van der Waals surface area contributed by atoms with Gasteiger partial charge in [-0.25, -0.2) is 4.98 Å². The number of hydrogen-bond acceptors (Lipinski definition) is 9. The normalized spacial score (nSPS) is 17.1. The van der Waals surface area contributed by atoms with Gasteiger partial charge in [0.15, 0.2) is 11.5 Å². The molecule has 0 saturated carbocycles. The highest BCUT2D eigenvalue weighted by Gasteiger charge is 2.41. The number of nitrogens with zero attached hydrogens (tertiary/aromatic N) is 3. The van der Waals surface area contributed by atoms with Crippen molar-refractivity contribution in [2.24, 2.45) is 0 Å². The van der Waals surface area contributed by atoms with Crippen molar-refractivity contribution in [1.82, 2.24) is 25.4 Å². The lowest BCUT2D eigenvalue weighted by Gasteiger charge is -2.25. The third-order valence-corrected chi connectivity index (χ3v) is 6.36. The molecule has 6 N–H and O–H groups in total. The molecule has 1 aromatic heterocycles. The van der Waals surface area contributed by atoms with Crippen molar-refractivity contribution in [2.75, 3.05) is 11.1 Å². The number of aromatic nitrogens is 2. The third-order valence-electron chi connectivity index (χ3n) is 6.36. The first kappa shape index (κ1) is 30.0. The van der Waals surface area contributed by atoms with Crippen LogP contribution in [0.2, 0.25) is 0 Å². The Balaban J connectivity index is 1.55. The zero-order valence-corrected chi connectivity index (χ0v) is 22.9. The molecule has 41 heavy (non-hydrogen) atoms. The molecule has 0 radical (unpaired) electrons. The largest absolute Gasteiger partial charge is 0.416 e. The topological polar surface area (TPSA) is 147 Å². The number of benzene rings is 2. The van der Waals surface area contributed by atoms with E-state index in [9.17, 15) is 28.0 Å². The Morgan fingerprint density at radius 3 is 2.49 bits per heavy atom. The van der Waals surface area contributed by atoms with Crippen LogP contribution in [-0.2, 0) is 28.9 Å². The Kier molecular flexibility index (Phi) is 8.40. The first-order valence-electron chi connectivity index (χ1n) is 12.8. The minimum atomic E-state index is -4.67. The number of hydrogen-bond donors (Lipinski definition) is 5. The van der Waals surface area contributed by atoms with Crippen LogP contribution in [0.3, 0.4) is 0 Å². The van der Waals surface area contributed by atoms with Crippen LogP contribution in [0.15, 0.2) is 53.5 Å². The maximum Gasteiger partial charge on any atom is 0.416 e. The van der Waals surface area contributed by atoms with Crippen LogP contribution in [0, 0.1) is 0 Å². The second-order valence-corrected chi connectivity index (χ2v) is 10.5. The van der Waals surface area contributed by atoms with Gasteiger partial charge in [0.25, 0.3) is 5.56 Å². The van der Waals surface area contributed by atoms with Crippen molar-refractivity contribution in [3.8, 4) is 11.3 Å². The Labute approximate surface area is 234 Å². The van der Waals surface area contributed by atoms with Crippen molar-refractivity contribution in [2.45, 2.75) is 64.9 Å². The highest BCUT2D eigenvalue weighted by molar-refractivity contribution is 5.77. The first-order valence-corrected chi connectivity index (χ1v) is 12.8. The molecule has 1 fully saturated rings. The minimum absolute atomic E-state index is 0.00405. The highest BCUT2D eigenvalue weighted by Crippen LogP contribution is 2.34. The van der Waals surface area contributed by atoms with Crippen LogP contribution in [0.1, 0.15) is 50.6 Å². The minimum Gasteiger partial charge on any atom is -0.399 e. The number of rotatable bonds is 8. The molecule has 0 bridgehead atoms. The summed E-state index contributed by atoms with van der Waals surface area (Å²) in [4.78, 5) is 35.7. The molecule has 1 unspecified atom stereocenters. The summed E-state index contributed by atoms with van der Waals surface area (Å²) in [6, 6.07) is 9.83. The molecule has 2 heterocycles. The van der Waals surface area contributed by atoms with E-state index in [0.717, 1.165) is 32.9 Å². The van der Waals surface area contributed by atoms with Gasteiger partial charge in [-0.15, -0.1) is 5.06 Å². The van der Waals surface area contributed by atoms with E-state index in [0.29, 0.717) is 0 Å². The molecule has 0 aliphatic carbocycles. The summed E-state index contributed by atoms with van der Waals surface area (Å²) < 4.78 is 41.4. The number of alkyl halides is 3. The Morgan fingerprint density at radius 1 is 1.22 bits per heavy atom. The van der Waals surface area contributed by atoms with Gasteiger partial charge in [0.05, 0.1) is 17.5 Å². The molecule has 4 rings (SSSR count). The molecule has 14 heteroatoms. The summed E-state index contributed by atoms with van der Waals surface area (Å²) in [5.41, 5.74) is 7.23. The maximum atomic E-state index is 13.5. The van der Waals surface area contributed by atoms with Gasteiger partial charge < -0.3 is 21.6 Å². The van der Waals surface area contributed by atoms with Crippen LogP contribution in [-0.4, -0.2) is 37.5 Å². The van der Waals surface area contributed by atoms with Crippen LogP contribution in [0.4, 0.5) is 24.7 Å². The molecule has 1 atom stereocenters. The fraction of sp³-hybridized carbons (Fsp3) is 0.370. The summed E-state index contributed by atoms with van der Waals surface area (Å²) >= 11 is 0. The van der Waals surface area contributed by atoms with Gasteiger partial charge in [-0.3, -0.25) is 19.0 Å². The molecule has 3 aromatic rings. The van der Waals surface area contributed by atoms with E-state index in [4.69, 9.17) is 10.6 Å². The smallest absolute Gasteiger partial charge is 0.399 e. The summed E-state index contributed by atoms with van der Waals surface area (Å²) in [6.45, 7) is 6.63. The zero-order valence-electron chi connectivity index (χ0n) is 22.9. The van der Waals surface area contributed by atoms with Crippen molar-refractivity contribution in [1.29, 1.82) is 0 Å². The van der Waals surface area contributed by atoms with Gasteiger partial charge in [0, 0.05) is 23.8 Å². The average Bonchev–Trinajstić information content (AvgIpc) is 3.16. The fourth-order valence-electron chi connectivity index (χ4n) is 4.25. The van der Waals surface area contributed by atoms with Crippen molar-refractivity contribution < 1.29 is 28.0 Å². The van der Waals surface area contributed by atoms with E-state index < -0.39 is 41.6 Å². The number of nitrogen functional groups attached to an aromatic ring is 1. The van der Waals surface area contributed by atoms with Crippen molar-refractivity contribution >= 4 is 17.4 Å². The quantitative estimate of drug-likeness (QED) is 0.254. The molecule has 11 nitrogen and oxygen atoms in total. The molecule has 0 spiro atoms. The number of anilines is 2. The first-order chi connectivity index (χ1) is 19.2. The maximum absolute atomic E-state index is 13.5. The second-order valence-electron chi connectivity index (χ2n) is 10.5. The molecular formula is C27H32F3N7O4. The molecule has 1 aliphatic rings. The Morgan fingerprint density at radius 2 is 1.90 bits per heavy atom. The molecule has 1 aliphatic heterocycles. The van der Waals surface area contributed by atoms with Crippen LogP contribution in [0.5, 0.6) is 0 Å². The summed E-state index contributed by atoms with van der Waals surface area (Å²) in [7, 11) is 0. The summed E-state index contributed by atoms with van der Waals surface area (Å²) in [6.07, 6.45) is -4.01.